The van der Waals surface area contributed by atoms with Crippen LogP contribution in [0.3, 0.4) is 0 Å². The summed E-state index contributed by atoms with van der Waals surface area (Å²) >= 11 is 6.35. The molecule has 0 unspecified atom stereocenters. The summed E-state index contributed by atoms with van der Waals surface area (Å²) in [7, 11) is 0. The molecule has 0 atom stereocenters. The van der Waals surface area contributed by atoms with Crippen molar-refractivity contribution in [3.8, 4) is 0 Å². The van der Waals surface area contributed by atoms with E-state index in [1.54, 1.807) is 0 Å². The third-order valence-electron chi connectivity index (χ3n) is 4.60. The SMILES string of the molecule is Clc1cccc2cc3cc4cc5ccccc5cc4cc3cc12. The van der Waals surface area contributed by atoms with Gasteiger partial charge in [0.15, 0.2) is 0 Å². The smallest absolute Gasteiger partial charge is 0.0484 e. The molecule has 0 saturated carbocycles. The minimum Gasteiger partial charge on any atom is -0.0837 e. The van der Waals surface area contributed by atoms with Crippen LogP contribution in [0.2, 0.25) is 5.02 Å². The summed E-state index contributed by atoms with van der Waals surface area (Å²) in [6.07, 6.45) is 0. The largest absolute Gasteiger partial charge is 0.0837 e. The van der Waals surface area contributed by atoms with E-state index < -0.39 is 0 Å². The predicted octanol–water partition coefficient (Wildman–Crippen LogP) is 6.95. The van der Waals surface area contributed by atoms with Crippen LogP contribution < -0.4 is 0 Å². The summed E-state index contributed by atoms with van der Waals surface area (Å²) in [6, 6.07) is 28.1. The zero-order valence-corrected chi connectivity index (χ0v) is 13.1. The molecule has 0 saturated heterocycles. The van der Waals surface area contributed by atoms with Crippen LogP contribution >= 0.6 is 11.6 Å². The van der Waals surface area contributed by atoms with Gasteiger partial charge in [0.05, 0.1) is 0 Å². The van der Waals surface area contributed by atoms with E-state index in [1.165, 1.54) is 37.7 Å². The topological polar surface area (TPSA) is 0 Å². The van der Waals surface area contributed by atoms with Gasteiger partial charge in [-0.1, -0.05) is 48.0 Å². The Labute approximate surface area is 138 Å². The van der Waals surface area contributed by atoms with E-state index in [0.29, 0.717) is 0 Å². The lowest BCUT2D eigenvalue weighted by Crippen LogP contribution is -1.81. The van der Waals surface area contributed by atoms with Gasteiger partial charge in [0.1, 0.15) is 0 Å². The third-order valence-corrected chi connectivity index (χ3v) is 4.93. The van der Waals surface area contributed by atoms with Crippen molar-refractivity contribution in [2.75, 3.05) is 0 Å². The first-order valence-corrected chi connectivity index (χ1v) is 8.10. The van der Waals surface area contributed by atoms with Crippen LogP contribution in [-0.4, -0.2) is 0 Å². The fourth-order valence-corrected chi connectivity index (χ4v) is 3.67. The normalized spacial score (nSPS) is 11.7. The van der Waals surface area contributed by atoms with Crippen LogP contribution in [-0.2, 0) is 0 Å². The second-order valence-electron chi connectivity index (χ2n) is 6.06. The van der Waals surface area contributed by atoms with Crippen LogP contribution in [0.5, 0.6) is 0 Å². The average Bonchev–Trinajstić information content (AvgIpc) is 2.57. The molecule has 0 N–H and O–H groups in total. The average molecular weight is 313 g/mol. The van der Waals surface area contributed by atoms with Crippen molar-refractivity contribution in [3.63, 3.8) is 0 Å². The molecular weight excluding hydrogens is 300 g/mol. The molecule has 0 spiro atoms. The lowest BCUT2D eigenvalue weighted by atomic mass is 9.97. The molecule has 5 rings (SSSR count). The zero-order chi connectivity index (χ0) is 15.4. The van der Waals surface area contributed by atoms with E-state index >= 15 is 0 Å². The van der Waals surface area contributed by atoms with Gasteiger partial charge in [0, 0.05) is 10.4 Å². The molecule has 23 heavy (non-hydrogen) atoms. The second kappa shape index (κ2) is 4.71. The van der Waals surface area contributed by atoms with Crippen molar-refractivity contribution in [3.05, 3.63) is 83.9 Å². The molecule has 5 aromatic rings. The van der Waals surface area contributed by atoms with Gasteiger partial charge in [-0.2, -0.15) is 0 Å². The first-order chi connectivity index (χ1) is 11.3. The van der Waals surface area contributed by atoms with Gasteiger partial charge in [-0.3, -0.25) is 0 Å². The van der Waals surface area contributed by atoms with Crippen molar-refractivity contribution < 1.29 is 0 Å². The van der Waals surface area contributed by atoms with E-state index in [1.807, 2.05) is 12.1 Å². The third kappa shape index (κ3) is 1.99. The van der Waals surface area contributed by atoms with Gasteiger partial charge in [0.2, 0.25) is 0 Å². The molecule has 108 valence electrons. The Kier molecular flexibility index (Phi) is 2.65. The number of fused-ring (bicyclic) bond motifs is 4. The molecule has 0 aliphatic carbocycles. The van der Waals surface area contributed by atoms with Gasteiger partial charge >= 0.3 is 0 Å². The quantitative estimate of drug-likeness (QED) is 0.271. The summed E-state index contributed by atoms with van der Waals surface area (Å²) in [5, 5.41) is 10.7. The Morgan fingerprint density at radius 2 is 0.913 bits per heavy atom. The van der Waals surface area contributed by atoms with Gasteiger partial charge in [0.25, 0.3) is 0 Å². The van der Waals surface area contributed by atoms with Crippen LogP contribution in [0, 0.1) is 0 Å². The summed E-state index contributed by atoms with van der Waals surface area (Å²) in [6.45, 7) is 0. The Morgan fingerprint density at radius 1 is 0.435 bits per heavy atom. The number of rotatable bonds is 0. The maximum atomic E-state index is 6.35. The summed E-state index contributed by atoms with van der Waals surface area (Å²) in [4.78, 5) is 0. The molecule has 0 amide bonds. The van der Waals surface area contributed by atoms with Crippen LogP contribution in [0.4, 0.5) is 0 Å². The molecule has 1 heteroatoms. The highest BCUT2D eigenvalue weighted by molar-refractivity contribution is 6.36. The molecule has 0 fully saturated rings. The highest BCUT2D eigenvalue weighted by Crippen LogP contribution is 2.32. The Balaban J connectivity index is 1.93. The maximum absolute atomic E-state index is 6.35. The number of benzene rings is 5. The Morgan fingerprint density at radius 3 is 1.57 bits per heavy atom. The molecule has 0 aliphatic rings. The minimum atomic E-state index is 0.808. The molecule has 0 radical (unpaired) electrons. The van der Waals surface area contributed by atoms with Gasteiger partial charge in [-0.05, 0) is 80.2 Å². The lowest BCUT2D eigenvalue weighted by molar-refractivity contribution is 1.78. The van der Waals surface area contributed by atoms with Crippen molar-refractivity contribution >= 4 is 54.7 Å². The monoisotopic (exact) mass is 312 g/mol. The van der Waals surface area contributed by atoms with E-state index in [0.717, 1.165) is 10.4 Å². The van der Waals surface area contributed by atoms with Crippen LogP contribution in [0.25, 0.3) is 43.1 Å². The first-order valence-electron chi connectivity index (χ1n) is 7.72. The second-order valence-corrected chi connectivity index (χ2v) is 6.47. The molecule has 0 bridgehead atoms. The van der Waals surface area contributed by atoms with E-state index in [4.69, 9.17) is 11.6 Å². The van der Waals surface area contributed by atoms with E-state index in [2.05, 4.69) is 66.7 Å². The molecule has 0 aromatic heterocycles. The number of hydrogen-bond donors (Lipinski definition) is 0. The van der Waals surface area contributed by atoms with Crippen molar-refractivity contribution in [1.29, 1.82) is 0 Å². The Bertz CT molecular complexity index is 1220. The van der Waals surface area contributed by atoms with Crippen LogP contribution in [0.15, 0.2) is 78.9 Å². The standard InChI is InChI=1S/C22H13Cl/c23-22-7-3-6-16-10-19-11-17-8-14-4-1-2-5-15(14)9-18(17)12-20(19)13-21(16)22/h1-13H. The fraction of sp³-hybridized carbons (Fsp3) is 0. The summed E-state index contributed by atoms with van der Waals surface area (Å²) < 4.78 is 0. The summed E-state index contributed by atoms with van der Waals surface area (Å²) in [5.74, 6) is 0. The zero-order valence-electron chi connectivity index (χ0n) is 12.4. The van der Waals surface area contributed by atoms with Crippen molar-refractivity contribution in [2.45, 2.75) is 0 Å². The van der Waals surface area contributed by atoms with Gasteiger partial charge in [-0.25, -0.2) is 0 Å². The van der Waals surface area contributed by atoms with E-state index in [9.17, 15) is 0 Å². The summed E-state index contributed by atoms with van der Waals surface area (Å²) in [5.41, 5.74) is 0. The minimum absolute atomic E-state index is 0.808. The van der Waals surface area contributed by atoms with Crippen molar-refractivity contribution in [1.82, 2.24) is 0 Å². The first kappa shape index (κ1) is 12.9. The van der Waals surface area contributed by atoms with Crippen molar-refractivity contribution in [2.24, 2.45) is 0 Å². The molecular formula is C22H13Cl. The number of hydrogen-bond acceptors (Lipinski definition) is 0. The van der Waals surface area contributed by atoms with Gasteiger partial charge in [-0.15, -0.1) is 0 Å². The highest BCUT2D eigenvalue weighted by atomic mass is 35.5. The molecule has 5 aromatic carbocycles. The van der Waals surface area contributed by atoms with Crippen LogP contribution in [0.1, 0.15) is 0 Å². The fourth-order valence-electron chi connectivity index (χ4n) is 3.43. The lowest BCUT2D eigenvalue weighted by Gasteiger charge is -2.07. The Hall–Kier alpha value is -2.57. The van der Waals surface area contributed by atoms with E-state index in [-0.39, 0.29) is 0 Å². The maximum Gasteiger partial charge on any atom is 0.0484 e. The highest BCUT2D eigenvalue weighted by Gasteiger charge is 2.04. The predicted molar refractivity (Wildman–Crippen MR) is 101 cm³/mol. The van der Waals surface area contributed by atoms with Gasteiger partial charge < -0.3 is 0 Å². The molecule has 0 nitrogen and oxygen atoms in total. The molecule has 0 heterocycles. The number of halogens is 1. The molecule has 0 aliphatic heterocycles.